The van der Waals surface area contributed by atoms with Crippen molar-refractivity contribution in [2.24, 2.45) is 0 Å². The van der Waals surface area contributed by atoms with Crippen LogP contribution in [0.4, 0.5) is 0 Å². The normalized spacial score (nSPS) is 18.7. The van der Waals surface area contributed by atoms with Gasteiger partial charge < -0.3 is 14.8 Å². The van der Waals surface area contributed by atoms with Crippen molar-refractivity contribution < 1.29 is 9.47 Å². The van der Waals surface area contributed by atoms with Crippen molar-refractivity contribution in [2.45, 2.75) is 32.0 Å². The molecule has 0 saturated carbocycles. The van der Waals surface area contributed by atoms with Crippen molar-refractivity contribution >= 4 is 0 Å². The van der Waals surface area contributed by atoms with Crippen LogP contribution in [0.5, 0.6) is 0 Å². The first-order chi connectivity index (χ1) is 8.90. The molecule has 0 aliphatic carbocycles. The molecule has 0 bridgehead atoms. The number of rotatable bonds is 6. The van der Waals surface area contributed by atoms with E-state index in [1.165, 1.54) is 5.56 Å². The third-order valence-electron chi connectivity index (χ3n) is 3.29. The summed E-state index contributed by atoms with van der Waals surface area (Å²) in [5, 5.41) is 3.36. The van der Waals surface area contributed by atoms with E-state index in [-0.39, 0.29) is 6.10 Å². The van der Waals surface area contributed by atoms with E-state index in [0.717, 1.165) is 32.5 Å². The minimum Gasteiger partial charge on any atom is -0.379 e. The van der Waals surface area contributed by atoms with Gasteiger partial charge in [-0.15, -0.1) is 0 Å². The highest BCUT2D eigenvalue weighted by Crippen LogP contribution is 2.22. The predicted molar refractivity (Wildman–Crippen MR) is 72.7 cm³/mol. The van der Waals surface area contributed by atoms with Crippen LogP contribution in [-0.4, -0.2) is 32.4 Å². The smallest absolute Gasteiger partial charge is 0.106 e. The molecule has 18 heavy (non-hydrogen) atoms. The minimum atomic E-state index is 0.0641. The Labute approximate surface area is 109 Å². The molecule has 100 valence electrons. The third-order valence-corrected chi connectivity index (χ3v) is 3.29. The summed E-state index contributed by atoms with van der Waals surface area (Å²) in [6.07, 6.45) is 2.61. The molecule has 0 aromatic heterocycles. The van der Waals surface area contributed by atoms with Crippen LogP contribution in [0.15, 0.2) is 30.3 Å². The molecule has 1 aliphatic rings. The fourth-order valence-corrected chi connectivity index (χ4v) is 2.27. The SMILES string of the molecule is CCOCC(OC1CCNCC1)c1ccccc1. The molecule has 1 heterocycles. The Morgan fingerprint density at radius 2 is 1.94 bits per heavy atom. The van der Waals surface area contributed by atoms with Gasteiger partial charge in [0.25, 0.3) is 0 Å². The summed E-state index contributed by atoms with van der Waals surface area (Å²) in [5.41, 5.74) is 1.21. The lowest BCUT2D eigenvalue weighted by atomic mass is 10.1. The van der Waals surface area contributed by atoms with Crippen molar-refractivity contribution in [1.29, 1.82) is 0 Å². The summed E-state index contributed by atoms with van der Waals surface area (Å²) >= 11 is 0. The highest BCUT2D eigenvalue weighted by atomic mass is 16.5. The number of nitrogens with one attached hydrogen (secondary N) is 1. The van der Waals surface area contributed by atoms with Crippen molar-refractivity contribution in [3.8, 4) is 0 Å². The largest absolute Gasteiger partial charge is 0.379 e. The quantitative estimate of drug-likeness (QED) is 0.840. The van der Waals surface area contributed by atoms with Crippen LogP contribution < -0.4 is 5.32 Å². The summed E-state index contributed by atoms with van der Waals surface area (Å²) in [4.78, 5) is 0. The minimum absolute atomic E-state index is 0.0641. The van der Waals surface area contributed by atoms with E-state index in [1.54, 1.807) is 0 Å². The van der Waals surface area contributed by atoms with Crippen molar-refractivity contribution in [2.75, 3.05) is 26.3 Å². The molecule has 0 radical (unpaired) electrons. The monoisotopic (exact) mass is 249 g/mol. The molecule has 3 heteroatoms. The Morgan fingerprint density at radius 3 is 2.61 bits per heavy atom. The topological polar surface area (TPSA) is 30.5 Å². The van der Waals surface area contributed by atoms with Crippen LogP contribution >= 0.6 is 0 Å². The molecule has 2 rings (SSSR count). The Morgan fingerprint density at radius 1 is 1.22 bits per heavy atom. The molecule has 1 aromatic carbocycles. The Bertz CT molecular complexity index is 323. The second kappa shape index (κ2) is 7.52. The van der Waals surface area contributed by atoms with Gasteiger partial charge in [0.1, 0.15) is 6.10 Å². The third kappa shape index (κ3) is 4.09. The molecule has 3 nitrogen and oxygen atoms in total. The number of benzene rings is 1. The molecule has 1 fully saturated rings. The lowest BCUT2D eigenvalue weighted by Crippen LogP contribution is -2.34. The summed E-state index contributed by atoms with van der Waals surface area (Å²) in [7, 11) is 0. The number of hydrogen-bond acceptors (Lipinski definition) is 3. The van der Waals surface area contributed by atoms with Crippen LogP contribution in [0, 0.1) is 0 Å². The maximum atomic E-state index is 6.21. The van der Waals surface area contributed by atoms with Gasteiger partial charge in [-0.3, -0.25) is 0 Å². The summed E-state index contributed by atoms with van der Waals surface area (Å²) in [5.74, 6) is 0. The first kappa shape index (κ1) is 13.5. The van der Waals surface area contributed by atoms with Crippen molar-refractivity contribution in [3.05, 3.63) is 35.9 Å². The summed E-state index contributed by atoms with van der Waals surface area (Å²) in [6, 6.07) is 10.4. The number of piperidine rings is 1. The van der Waals surface area contributed by atoms with Gasteiger partial charge in [-0.2, -0.15) is 0 Å². The van der Waals surface area contributed by atoms with E-state index in [1.807, 2.05) is 13.0 Å². The zero-order chi connectivity index (χ0) is 12.6. The van der Waals surface area contributed by atoms with Gasteiger partial charge in [0.2, 0.25) is 0 Å². The van der Waals surface area contributed by atoms with E-state index in [9.17, 15) is 0 Å². The first-order valence-electron chi connectivity index (χ1n) is 6.89. The molecule has 1 saturated heterocycles. The number of ether oxygens (including phenoxy) is 2. The molecular weight excluding hydrogens is 226 g/mol. The standard InChI is InChI=1S/C15H23NO2/c1-2-17-12-15(13-6-4-3-5-7-13)18-14-8-10-16-11-9-14/h3-7,14-16H,2,8-12H2,1H3. The van der Waals surface area contributed by atoms with Gasteiger partial charge in [0, 0.05) is 6.61 Å². The van der Waals surface area contributed by atoms with Crippen molar-refractivity contribution in [3.63, 3.8) is 0 Å². The molecular formula is C15H23NO2. The van der Waals surface area contributed by atoms with E-state index in [4.69, 9.17) is 9.47 Å². The zero-order valence-electron chi connectivity index (χ0n) is 11.1. The van der Waals surface area contributed by atoms with E-state index in [0.29, 0.717) is 12.7 Å². The Kier molecular flexibility index (Phi) is 5.65. The lowest BCUT2D eigenvalue weighted by molar-refractivity contribution is -0.0668. The predicted octanol–water partition coefficient (Wildman–Crippen LogP) is 2.53. The van der Waals surface area contributed by atoms with Gasteiger partial charge in [0.15, 0.2) is 0 Å². The van der Waals surface area contributed by atoms with Gasteiger partial charge in [0.05, 0.1) is 12.7 Å². The fourth-order valence-electron chi connectivity index (χ4n) is 2.27. The maximum Gasteiger partial charge on any atom is 0.106 e. The van der Waals surface area contributed by atoms with Crippen LogP contribution in [0.1, 0.15) is 31.4 Å². The van der Waals surface area contributed by atoms with Crippen molar-refractivity contribution in [1.82, 2.24) is 5.32 Å². The molecule has 0 spiro atoms. The van der Waals surface area contributed by atoms with E-state index < -0.39 is 0 Å². The molecule has 1 unspecified atom stereocenters. The van der Waals surface area contributed by atoms with Crippen LogP contribution in [-0.2, 0) is 9.47 Å². The lowest BCUT2D eigenvalue weighted by Gasteiger charge is -2.28. The van der Waals surface area contributed by atoms with Gasteiger partial charge in [-0.05, 0) is 38.4 Å². The van der Waals surface area contributed by atoms with Gasteiger partial charge in [-0.25, -0.2) is 0 Å². The Balaban J connectivity index is 1.95. The molecule has 1 aromatic rings. The van der Waals surface area contributed by atoms with Crippen LogP contribution in [0.25, 0.3) is 0 Å². The fraction of sp³-hybridized carbons (Fsp3) is 0.600. The molecule has 1 atom stereocenters. The molecule has 1 N–H and O–H groups in total. The summed E-state index contributed by atoms with van der Waals surface area (Å²) in [6.45, 7) is 5.51. The van der Waals surface area contributed by atoms with E-state index in [2.05, 4.69) is 29.6 Å². The van der Waals surface area contributed by atoms with Crippen LogP contribution in [0.3, 0.4) is 0 Å². The van der Waals surface area contributed by atoms with E-state index >= 15 is 0 Å². The summed E-state index contributed by atoms with van der Waals surface area (Å²) < 4.78 is 11.8. The average molecular weight is 249 g/mol. The second-order valence-electron chi connectivity index (χ2n) is 4.64. The van der Waals surface area contributed by atoms with Crippen LogP contribution in [0.2, 0.25) is 0 Å². The average Bonchev–Trinajstić information content (AvgIpc) is 2.45. The second-order valence-corrected chi connectivity index (χ2v) is 4.64. The van der Waals surface area contributed by atoms with Gasteiger partial charge >= 0.3 is 0 Å². The highest BCUT2D eigenvalue weighted by molar-refractivity contribution is 5.17. The first-order valence-corrected chi connectivity index (χ1v) is 6.89. The van der Waals surface area contributed by atoms with Gasteiger partial charge in [-0.1, -0.05) is 30.3 Å². The molecule has 0 amide bonds. The highest BCUT2D eigenvalue weighted by Gasteiger charge is 2.20. The maximum absolute atomic E-state index is 6.21. The zero-order valence-corrected chi connectivity index (χ0v) is 11.1. The molecule has 1 aliphatic heterocycles. The Hall–Kier alpha value is -0.900. The number of hydrogen-bond donors (Lipinski definition) is 1.